The first-order chi connectivity index (χ1) is 31.3. The molecule has 7 aromatic rings. The van der Waals surface area contributed by atoms with Crippen LogP contribution in [0.2, 0.25) is 0 Å². The maximum absolute atomic E-state index is 15.4. The Morgan fingerprint density at radius 1 is 0.403 bits per heavy atom. The van der Waals surface area contributed by atoms with Gasteiger partial charge in [-0.3, -0.25) is 4.79 Å². The van der Waals surface area contributed by atoms with Crippen molar-refractivity contribution in [3.05, 3.63) is 194 Å². The second kappa shape index (κ2) is 18.1. The number of hydrogen-bond acceptors (Lipinski definition) is 2. The number of halogens is 20. The minimum Gasteiger partial charge on any atom is -0.478 e. The first-order valence-corrected chi connectivity index (χ1v) is 17.8. The van der Waals surface area contributed by atoms with Gasteiger partial charge in [-0.05, 0) is 12.1 Å². The molecule has 0 spiro atoms. The largest absolute Gasteiger partial charge is 0.478 e. The molecule has 1 N–H and O–H groups in total. The molecule has 1 aromatic heterocycles. The molecule has 0 radical (unpaired) electrons. The molecule has 0 aliphatic heterocycles. The van der Waals surface area contributed by atoms with E-state index in [2.05, 4.69) is 0 Å². The molecular formula is C42H14BF20NO3. The van der Waals surface area contributed by atoms with Crippen LogP contribution in [0.4, 0.5) is 87.8 Å². The SMILES string of the molecule is Fc1c(F)c(F)c([B-](c2c(F)c(F)c(F)c(F)c2F)(c2c(F)c(F)c(F)c(F)c2F)c2c(F)c(F)c(F)c(F)c2F)c(F)c1F.O=C(C[n+]1ccc2c(C(=O)O)cccc2c1)c1ccccc1. The van der Waals surface area contributed by atoms with Crippen molar-refractivity contribution in [1.29, 1.82) is 0 Å². The Hall–Kier alpha value is -7.47. The number of carbonyl (C=O) groups excluding carboxylic acids is 1. The molecule has 0 aliphatic rings. The summed E-state index contributed by atoms with van der Waals surface area (Å²) in [6, 6.07) is 15.9. The average molecular weight is 971 g/mol. The van der Waals surface area contributed by atoms with Crippen LogP contribution in [0.3, 0.4) is 0 Å². The molecule has 0 saturated carbocycles. The van der Waals surface area contributed by atoms with Gasteiger partial charge in [0.2, 0.25) is 12.3 Å². The molecule has 348 valence electrons. The highest BCUT2D eigenvalue weighted by molar-refractivity contribution is 7.20. The predicted molar refractivity (Wildman–Crippen MR) is 191 cm³/mol. The van der Waals surface area contributed by atoms with Gasteiger partial charge in [0.1, 0.15) is 52.7 Å². The monoisotopic (exact) mass is 971 g/mol. The number of benzene rings is 6. The fourth-order valence-corrected chi connectivity index (χ4v) is 7.31. The van der Waals surface area contributed by atoms with Gasteiger partial charge < -0.3 is 5.11 Å². The van der Waals surface area contributed by atoms with E-state index in [9.17, 15) is 67.4 Å². The van der Waals surface area contributed by atoms with Crippen LogP contribution in [0, 0.1) is 116 Å². The van der Waals surface area contributed by atoms with Crippen molar-refractivity contribution in [3.63, 3.8) is 0 Å². The van der Waals surface area contributed by atoms with Crippen LogP contribution in [-0.2, 0) is 6.54 Å². The van der Waals surface area contributed by atoms with Crippen LogP contribution in [0.1, 0.15) is 20.7 Å². The fourth-order valence-electron chi connectivity index (χ4n) is 7.31. The number of ketones is 1. The number of fused-ring (bicyclic) bond motifs is 1. The zero-order chi connectivity index (χ0) is 49.9. The number of carboxylic acids is 1. The van der Waals surface area contributed by atoms with Gasteiger partial charge in [-0.15, -0.1) is 21.9 Å². The van der Waals surface area contributed by atoms with Crippen molar-refractivity contribution in [2.75, 3.05) is 0 Å². The Bertz CT molecular complexity index is 2840. The Morgan fingerprint density at radius 2 is 0.716 bits per heavy atom. The maximum atomic E-state index is 15.4. The van der Waals surface area contributed by atoms with E-state index in [1.807, 2.05) is 24.3 Å². The Labute approximate surface area is 358 Å². The van der Waals surface area contributed by atoms with Crippen molar-refractivity contribution >= 4 is 50.5 Å². The van der Waals surface area contributed by atoms with E-state index < -0.39 is 150 Å². The number of Topliss-reactive ketones (excluding diaryl/α,β-unsaturated/α-hetero) is 1. The fraction of sp³-hybridized carbons (Fsp3) is 0.0238. The third-order valence-corrected chi connectivity index (χ3v) is 10.2. The predicted octanol–water partition coefficient (Wildman–Crippen LogP) is 8.55. The highest BCUT2D eigenvalue weighted by Gasteiger charge is 2.52. The van der Waals surface area contributed by atoms with Crippen LogP contribution >= 0.6 is 0 Å². The first kappa shape index (κ1) is 49.0. The minimum atomic E-state index is -7.22. The highest BCUT2D eigenvalue weighted by atomic mass is 19.2. The summed E-state index contributed by atoms with van der Waals surface area (Å²) in [7, 11) is 0. The first-order valence-electron chi connectivity index (χ1n) is 17.8. The topological polar surface area (TPSA) is 58.2 Å². The van der Waals surface area contributed by atoms with Gasteiger partial charge in [-0.25, -0.2) is 92.6 Å². The Kier molecular flexibility index (Phi) is 13.2. The summed E-state index contributed by atoms with van der Waals surface area (Å²) < 4.78 is 296. The summed E-state index contributed by atoms with van der Waals surface area (Å²) >= 11 is 0. The van der Waals surface area contributed by atoms with Gasteiger partial charge in [0.15, 0.2) is 82.2 Å². The minimum absolute atomic E-state index is 0.0133. The van der Waals surface area contributed by atoms with Crippen LogP contribution in [0.25, 0.3) is 10.8 Å². The third kappa shape index (κ3) is 7.73. The summed E-state index contributed by atoms with van der Waals surface area (Å²) in [5, 5.41) is 10.6. The smallest absolute Gasteiger partial charge is 0.336 e. The molecule has 0 bridgehead atoms. The number of hydrogen-bond donors (Lipinski definition) is 1. The van der Waals surface area contributed by atoms with Gasteiger partial charge in [0.25, 0.3) is 0 Å². The summed E-state index contributed by atoms with van der Waals surface area (Å²) in [6.45, 7) is 0.219. The zero-order valence-corrected chi connectivity index (χ0v) is 31.9. The van der Waals surface area contributed by atoms with E-state index in [1.165, 1.54) is 0 Å². The molecule has 7 rings (SSSR count). The van der Waals surface area contributed by atoms with Crippen molar-refractivity contribution in [2.24, 2.45) is 0 Å². The molecule has 0 aliphatic carbocycles. The van der Waals surface area contributed by atoms with Crippen molar-refractivity contribution in [2.45, 2.75) is 6.54 Å². The van der Waals surface area contributed by atoms with Gasteiger partial charge in [-0.1, -0.05) is 36.4 Å². The number of pyridine rings is 1. The number of aromatic carboxylic acids is 1. The molecule has 0 fully saturated rings. The molecule has 0 unspecified atom stereocenters. The van der Waals surface area contributed by atoms with Crippen molar-refractivity contribution < 1.29 is 107 Å². The molecule has 25 heteroatoms. The quantitative estimate of drug-likeness (QED) is 0.0415. The third-order valence-electron chi connectivity index (χ3n) is 10.2. The summed E-state index contributed by atoms with van der Waals surface area (Å²) in [4.78, 5) is 23.4. The molecule has 67 heavy (non-hydrogen) atoms. The van der Waals surface area contributed by atoms with E-state index in [1.54, 1.807) is 47.3 Å². The molecule has 0 saturated heterocycles. The van der Waals surface area contributed by atoms with Crippen molar-refractivity contribution in [3.8, 4) is 0 Å². The number of nitrogens with zero attached hydrogens (tertiary/aromatic N) is 1. The molecule has 0 amide bonds. The Balaban J connectivity index is 0.000000279. The van der Waals surface area contributed by atoms with E-state index in [0.29, 0.717) is 10.9 Å². The second-order valence-electron chi connectivity index (χ2n) is 13.8. The molecule has 0 atom stereocenters. The van der Waals surface area contributed by atoms with Gasteiger partial charge >= 0.3 is 5.97 Å². The van der Waals surface area contributed by atoms with Crippen LogP contribution in [0.15, 0.2) is 67.0 Å². The molecule has 1 heterocycles. The van der Waals surface area contributed by atoms with Crippen LogP contribution in [0.5, 0.6) is 0 Å². The van der Waals surface area contributed by atoms with Gasteiger partial charge in [0, 0.05) is 22.4 Å². The number of carbonyl (C=O) groups is 2. The summed E-state index contributed by atoms with van der Waals surface area (Å²) in [5.41, 5.74) is -13.4. The average Bonchev–Trinajstić information content (AvgIpc) is 3.31. The van der Waals surface area contributed by atoms with E-state index in [-0.39, 0.29) is 17.9 Å². The number of rotatable bonds is 8. The maximum Gasteiger partial charge on any atom is 0.336 e. The van der Waals surface area contributed by atoms with Gasteiger partial charge in [-0.2, -0.15) is 4.57 Å². The zero-order valence-electron chi connectivity index (χ0n) is 31.9. The molecule has 6 aromatic carbocycles. The number of aromatic nitrogens is 1. The van der Waals surface area contributed by atoms with E-state index in [0.717, 1.165) is 5.39 Å². The standard InChI is InChI=1S/C24BF20.C18H13NO3/c26-5-1(6(27)14(35)21(42)13(5)34)25(2-7(28)15(36)22(43)16(37)8(2)29,3-9(30)17(38)23(44)18(39)10(3)31)4-11(32)19(40)24(45)20(41)12(4)33;20-17(13-5-2-1-3-6-13)12-19-10-9-15-14(11-19)7-4-8-16(15)18(21)22/h;1-11H,12H2/q-1;/p+1. The number of carboxylic acid groups (broad SMARTS) is 1. The lowest BCUT2D eigenvalue weighted by molar-refractivity contribution is -0.681. The van der Waals surface area contributed by atoms with Gasteiger partial charge in [0.05, 0.1) is 5.56 Å². The second-order valence-corrected chi connectivity index (χ2v) is 13.8. The Morgan fingerprint density at radius 3 is 1.03 bits per heavy atom. The highest BCUT2D eigenvalue weighted by Crippen LogP contribution is 2.31. The normalized spacial score (nSPS) is 11.5. The van der Waals surface area contributed by atoms with Crippen molar-refractivity contribution in [1.82, 2.24) is 0 Å². The lowest BCUT2D eigenvalue weighted by atomic mass is 9.12. The van der Waals surface area contributed by atoms with E-state index >= 15 is 35.1 Å². The lowest BCUT2D eigenvalue weighted by Gasteiger charge is -2.44. The lowest BCUT2D eigenvalue weighted by Crippen LogP contribution is -2.81. The van der Waals surface area contributed by atoms with E-state index in [4.69, 9.17) is 0 Å². The summed E-state index contributed by atoms with van der Waals surface area (Å²) in [5.74, 6) is -72.3. The molecular weight excluding hydrogens is 957 g/mol. The van der Waals surface area contributed by atoms with Crippen LogP contribution in [-0.4, -0.2) is 23.0 Å². The van der Waals surface area contributed by atoms with Crippen LogP contribution < -0.4 is 26.4 Å². The summed E-state index contributed by atoms with van der Waals surface area (Å²) in [6.07, 6.45) is -3.69. The molecule has 4 nitrogen and oxygen atoms in total.